The minimum absolute atomic E-state index is 0.0200. The van der Waals surface area contributed by atoms with Crippen LogP contribution in [0.2, 0.25) is 0 Å². The zero-order valence-corrected chi connectivity index (χ0v) is 9.95. The van der Waals surface area contributed by atoms with Crippen molar-refractivity contribution in [3.8, 4) is 0 Å². The molecule has 1 rings (SSSR count). The van der Waals surface area contributed by atoms with Crippen LogP contribution in [0, 0.1) is 0 Å². The van der Waals surface area contributed by atoms with E-state index in [-0.39, 0.29) is 12.1 Å². The van der Waals surface area contributed by atoms with Crippen molar-refractivity contribution in [3.63, 3.8) is 0 Å². The third kappa shape index (κ3) is 5.74. The number of esters is 1. The van der Waals surface area contributed by atoms with Crippen molar-refractivity contribution < 1.29 is 9.53 Å². The molecule has 0 aromatic heterocycles. The van der Waals surface area contributed by atoms with E-state index in [0.717, 1.165) is 19.1 Å². The molecule has 0 aromatic carbocycles. The van der Waals surface area contributed by atoms with Gasteiger partial charge in [0.1, 0.15) is 0 Å². The van der Waals surface area contributed by atoms with E-state index < -0.39 is 0 Å². The molecule has 4 heteroatoms. The number of hydrogen-bond donors (Lipinski definition) is 1. The molecule has 0 unspecified atom stereocenters. The summed E-state index contributed by atoms with van der Waals surface area (Å²) in [5.74, 6) is -0.168. The van der Waals surface area contributed by atoms with Gasteiger partial charge in [0.15, 0.2) is 0 Å². The third-order valence-corrected chi connectivity index (χ3v) is 2.45. The Hall–Kier alpha value is -0.610. The molecule has 1 aliphatic carbocycles. The molecule has 0 amide bonds. The largest absolute Gasteiger partial charge is 0.462 e. The number of carbonyl (C=O) groups is 1. The Bertz CT molecular complexity index is 203. The number of ether oxygens (including phenoxy) is 1. The third-order valence-electron chi connectivity index (χ3n) is 2.45. The van der Waals surface area contributed by atoms with Crippen molar-refractivity contribution in [1.82, 2.24) is 10.2 Å². The highest BCUT2D eigenvalue weighted by molar-refractivity contribution is 5.71. The molecule has 15 heavy (non-hydrogen) atoms. The molecule has 1 aliphatic rings. The first-order chi connectivity index (χ1) is 7.09. The summed E-state index contributed by atoms with van der Waals surface area (Å²) in [6.07, 6.45) is 2.63. The zero-order valence-electron chi connectivity index (χ0n) is 9.95. The highest BCUT2D eigenvalue weighted by Gasteiger charge is 2.25. The van der Waals surface area contributed by atoms with Gasteiger partial charge in [-0.1, -0.05) is 0 Å². The van der Waals surface area contributed by atoms with Crippen molar-refractivity contribution >= 4 is 5.97 Å². The van der Waals surface area contributed by atoms with Gasteiger partial charge in [0.2, 0.25) is 0 Å². The van der Waals surface area contributed by atoms with Crippen molar-refractivity contribution in [2.75, 3.05) is 26.7 Å². The smallest absolute Gasteiger partial charge is 0.320 e. The Balaban J connectivity index is 1.93. The van der Waals surface area contributed by atoms with E-state index in [2.05, 4.69) is 17.3 Å². The van der Waals surface area contributed by atoms with E-state index in [4.69, 9.17) is 4.74 Å². The summed E-state index contributed by atoms with van der Waals surface area (Å²) in [5, 5.41) is 3.09. The highest BCUT2D eigenvalue weighted by atomic mass is 16.5. The Labute approximate surface area is 92.0 Å². The second-order valence-corrected chi connectivity index (χ2v) is 4.43. The van der Waals surface area contributed by atoms with Crippen LogP contribution in [0.1, 0.15) is 26.7 Å². The predicted molar refractivity (Wildman–Crippen MR) is 59.7 cm³/mol. The molecule has 0 radical (unpaired) electrons. The van der Waals surface area contributed by atoms with Crippen LogP contribution in [0.5, 0.6) is 0 Å². The average Bonchev–Trinajstić information content (AvgIpc) is 2.93. The molecular weight excluding hydrogens is 192 g/mol. The molecule has 1 fully saturated rings. The fourth-order valence-corrected chi connectivity index (χ4v) is 1.45. The van der Waals surface area contributed by atoms with Gasteiger partial charge in [0.05, 0.1) is 12.6 Å². The van der Waals surface area contributed by atoms with Crippen LogP contribution in [0.15, 0.2) is 0 Å². The molecule has 0 atom stereocenters. The van der Waals surface area contributed by atoms with Gasteiger partial charge in [-0.15, -0.1) is 0 Å². The second-order valence-electron chi connectivity index (χ2n) is 4.43. The van der Waals surface area contributed by atoms with Crippen LogP contribution in [0.4, 0.5) is 0 Å². The lowest BCUT2D eigenvalue weighted by Gasteiger charge is -2.15. The van der Waals surface area contributed by atoms with Gasteiger partial charge in [0, 0.05) is 19.1 Å². The number of nitrogens with zero attached hydrogens (tertiary/aromatic N) is 1. The van der Waals surface area contributed by atoms with Crippen LogP contribution in [-0.2, 0) is 9.53 Å². The number of nitrogens with one attached hydrogen (secondary N) is 1. The second kappa shape index (κ2) is 6.08. The molecule has 1 N–H and O–H groups in total. The number of rotatable bonds is 7. The minimum atomic E-state index is -0.168. The Morgan fingerprint density at radius 1 is 1.53 bits per heavy atom. The van der Waals surface area contributed by atoms with E-state index in [0.29, 0.717) is 6.54 Å². The van der Waals surface area contributed by atoms with E-state index >= 15 is 0 Å². The first kappa shape index (κ1) is 12.5. The van der Waals surface area contributed by atoms with Crippen LogP contribution >= 0.6 is 0 Å². The summed E-state index contributed by atoms with van der Waals surface area (Å²) < 4.78 is 5.00. The first-order valence-corrected chi connectivity index (χ1v) is 5.70. The lowest BCUT2D eigenvalue weighted by Crippen LogP contribution is -2.34. The van der Waals surface area contributed by atoms with Crippen molar-refractivity contribution in [2.45, 2.75) is 38.8 Å². The maximum atomic E-state index is 11.1. The Kier molecular flexibility index (Phi) is 5.05. The lowest BCUT2D eigenvalue weighted by atomic mass is 10.4. The normalized spacial score (nSPS) is 16.1. The molecular formula is C11H22N2O2. The van der Waals surface area contributed by atoms with Gasteiger partial charge in [-0.3, -0.25) is 4.79 Å². The minimum Gasteiger partial charge on any atom is -0.462 e. The van der Waals surface area contributed by atoms with E-state index in [9.17, 15) is 4.79 Å². The summed E-state index contributed by atoms with van der Waals surface area (Å²) in [4.78, 5) is 13.5. The van der Waals surface area contributed by atoms with Crippen molar-refractivity contribution in [1.29, 1.82) is 0 Å². The maximum Gasteiger partial charge on any atom is 0.320 e. The fourth-order valence-electron chi connectivity index (χ4n) is 1.45. The molecule has 0 aliphatic heterocycles. The Morgan fingerprint density at radius 3 is 2.73 bits per heavy atom. The molecule has 0 spiro atoms. The molecule has 0 bridgehead atoms. The summed E-state index contributed by atoms with van der Waals surface area (Å²) in [6, 6.07) is 0.786. The first-order valence-electron chi connectivity index (χ1n) is 5.70. The van der Waals surface area contributed by atoms with Gasteiger partial charge in [-0.05, 0) is 33.7 Å². The monoisotopic (exact) mass is 214 g/mol. The number of carbonyl (C=O) groups excluding carboxylic acids is 1. The molecule has 4 nitrogen and oxygen atoms in total. The van der Waals surface area contributed by atoms with Crippen molar-refractivity contribution in [3.05, 3.63) is 0 Å². The molecule has 0 heterocycles. The van der Waals surface area contributed by atoms with Gasteiger partial charge in [-0.2, -0.15) is 0 Å². The van der Waals surface area contributed by atoms with Crippen LogP contribution in [0.3, 0.4) is 0 Å². The molecule has 88 valence electrons. The molecule has 0 saturated heterocycles. The van der Waals surface area contributed by atoms with E-state index in [1.807, 2.05) is 13.8 Å². The van der Waals surface area contributed by atoms with Crippen molar-refractivity contribution in [2.24, 2.45) is 0 Å². The quantitative estimate of drug-likeness (QED) is 0.498. The highest BCUT2D eigenvalue weighted by Crippen LogP contribution is 2.24. The SMILES string of the molecule is CC(C)OC(=O)CNCCN(C)C1CC1. The summed E-state index contributed by atoms with van der Waals surface area (Å²) in [6.45, 7) is 5.88. The summed E-state index contributed by atoms with van der Waals surface area (Å²) >= 11 is 0. The summed E-state index contributed by atoms with van der Waals surface area (Å²) in [5.41, 5.74) is 0. The maximum absolute atomic E-state index is 11.1. The Morgan fingerprint density at radius 2 is 2.20 bits per heavy atom. The van der Waals surface area contributed by atoms with Gasteiger partial charge in [0.25, 0.3) is 0 Å². The molecule has 0 aromatic rings. The summed E-state index contributed by atoms with van der Waals surface area (Å²) in [7, 11) is 2.13. The average molecular weight is 214 g/mol. The van der Waals surface area contributed by atoms with Crippen LogP contribution in [0.25, 0.3) is 0 Å². The topological polar surface area (TPSA) is 41.6 Å². The van der Waals surface area contributed by atoms with Gasteiger partial charge < -0.3 is 15.0 Å². The lowest BCUT2D eigenvalue weighted by molar-refractivity contribution is -0.146. The zero-order chi connectivity index (χ0) is 11.3. The van der Waals surface area contributed by atoms with Gasteiger partial charge >= 0.3 is 5.97 Å². The predicted octanol–water partition coefficient (Wildman–Crippen LogP) is 0.622. The van der Waals surface area contributed by atoms with E-state index in [1.165, 1.54) is 12.8 Å². The molecule has 1 saturated carbocycles. The standard InChI is InChI=1S/C11H22N2O2/c1-9(2)15-11(14)8-12-6-7-13(3)10-4-5-10/h9-10,12H,4-8H2,1-3H3. The number of hydrogen-bond acceptors (Lipinski definition) is 4. The fraction of sp³-hybridized carbons (Fsp3) is 0.909. The van der Waals surface area contributed by atoms with Gasteiger partial charge in [-0.25, -0.2) is 0 Å². The van der Waals surface area contributed by atoms with Crippen LogP contribution in [-0.4, -0.2) is 49.7 Å². The number of likely N-dealkylation sites (N-methyl/N-ethyl adjacent to an activating group) is 1. The van der Waals surface area contributed by atoms with Crippen LogP contribution < -0.4 is 5.32 Å². The van der Waals surface area contributed by atoms with E-state index in [1.54, 1.807) is 0 Å².